The molecule has 0 bridgehead atoms. The minimum Gasteiger partial charge on any atom is -0.155 e. The number of hydrogen-bond acceptors (Lipinski definition) is 2. The third kappa shape index (κ3) is 5.88. The van der Waals surface area contributed by atoms with E-state index in [1.807, 2.05) is 0 Å². The van der Waals surface area contributed by atoms with Crippen molar-refractivity contribution in [3.05, 3.63) is 0 Å². The highest BCUT2D eigenvalue weighted by Gasteiger charge is 2.30. The maximum atomic E-state index is 3.85. The van der Waals surface area contributed by atoms with Gasteiger partial charge >= 0.3 is 0 Å². The lowest BCUT2D eigenvalue weighted by atomic mass is 9.99. The van der Waals surface area contributed by atoms with E-state index in [-0.39, 0.29) is 0 Å². The van der Waals surface area contributed by atoms with Crippen molar-refractivity contribution in [3.8, 4) is 0 Å². The van der Waals surface area contributed by atoms with Crippen LogP contribution in [0.25, 0.3) is 0 Å². The lowest BCUT2D eigenvalue weighted by molar-refractivity contribution is 0.500. The van der Waals surface area contributed by atoms with Gasteiger partial charge in [0.2, 0.25) is 0 Å². The van der Waals surface area contributed by atoms with Gasteiger partial charge in [0.05, 0.1) is 0 Å². The first-order valence-corrected chi connectivity index (χ1v) is 13.0. The molecule has 0 aromatic carbocycles. The van der Waals surface area contributed by atoms with Gasteiger partial charge in [-0.15, -0.1) is 0 Å². The molecule has 22 heavy (non-hydrogen) atoms. The Labute approximate surface area is 162 Å². The normalized spacial score (nSPS) is 43.9. The third-order valence-electron chi connectivity index (χ3n) is 5.47. The molecule has 128 valence electrons. The van der Waals surface area contributed by atoms with Crippen molar-refractivity contribution in [1.29, 1.82) is 0 Å². The van der Waals surface area contributed by atoms with Crippen LogP contribution in [0.4, 0.5) is 0 Å². The summed E-state index contributed by atoms with van der Waals surface area (Å²) in [4.78, 5) is 1.59. The molecule has 0 amide bonds. The summed E-state index contributed by atoms with van der Waals surface area (Å²) >= 11 is 12.4. The first kappa shape index (κ1) is 18.5. The summed E-state index contributed by atoms with van der Waals surface area (Å²) in [5.74, 6) is 0. The molecule has 0 radical (unpaired) electrons. The summed E-state index contributed by atoms with van der Waals surface area (Å²) in [6.07, 6.45) is 17.4. The van der Waals surface area contributed by atoms with E-state index in [4.69, 9.17) is 0 Å². The molecule has 0 N–H and O–H groups in total. The smallest absolute Gasteiger partial charge is 0.0156 e. The minimum atomic E-state index is 0.797. The fraction of sp³-hybridized carbons (Fsp3) is 1.00. The fourth-order valence-corrected chi connectivity index (χ4v) is 10.2. The monoisotopic (exact) mass is 468 g/mol. The van der Waals surface area contributed by atoms with E-state index in [0.717, 1.165) is 30.7 Å². The second-order valence-corrected chi connectivity index (χ2v) is 13.3. The lowest BCUT2D eigenvalue weighted by Crippen LogP contribution is -2.27. The van der Waals surface area contributed by atoms with Gasteiger partial charge in [0.1, 0.15) is 0 Å². The van der Waals surface area contributed by atoms with Crippen LogP contribution in [0, 0.1) is 0 Å². The van der Waals surface area contributed by atoms with Crippen molar-refractivity contribution in [2.45, 2.75) is 108 Å². The Kier molecular flexibility index (Phi) is 7.87. The van der Waals surface area contributed by atoms with E-state index in [0.29, 0.717) is 0 Å². The van der Waals surface area contributed by atoms with Gasteiger partial charge in [0.15, 0.2) is 0 Å². The predicted octanol–water partition coefficient (Wildman–Crippen LogP) is 7.18. The Hall–Kier alpha value is 1.66. The van der Waals surface area contributed by atoms with Crippen LogP contribution < -0.4 is 0 Å². The quantitative estimate of drug-likeness (QED) is 0.400. The number of alkyl halides is 2. The van der Waals surface area contributed by atoms with Gasteiger partial charge in [0, 0.05) is 30.7 Å². The van der Waals surface area contributed by atoms with E-state index in [1.165, 1.54) is 77.0 Å². The topological polar surface area (TPSA) is 0 Å². The van der Waals surface area contributed by atoms with Gasteiger partial charge in [-0.1, -0.05) is 51.1 Å². The first-order valence-electron chi connectivity index (χ1n) is 9.28. The molecule has 0 heterocycles. The molecular formula is C18H30Br2S2. The maximum absolute atomic E-state index is 3.85. The van der Waals surface area contributed by atoms with Crippen LogP contribution in [-0.4, -0.2) is 30.7 Å². The average molecular weight is 470 g/mol. The number of thioether (sulfide) groups is 2. The summed E-state index contributed by atoms with van der Waals surface area (Å²) in [5, 5.41) is 3.79. The van der Waals surface area contributed by atoms with E-state index in [1.54, 1.807) is 0 Å². The molecule has 0 spiro atoms. The van der Waals surface area contributed by atoms with Crippen LogP contribution in [0.5, 0.6) is 0 Å². The van der Waals surface area contributed by atoms with Gasteiger partial charge in [-0.25, -0.2) is 0 Å². The summed E-state index contributed by atoms with van der Waals surface area (Å²) in [7, 11) is 0. The molecule has 4 heteroatoms. The zero-order valence-corrected chi connectivity index (χ0v) is 18.3. The molecule has 3 fully saturated rings. The highest BCUT2D eigenvalue weighted by atomic mass is 79.9. The molecule has 6 unspecified atom stereocenters. The molecule has 6 atom stereocenters. The van der Waals surface area contributed by atoms with Crippen molar-refractivity contribution in [3.63, 3.8) is 0 Å². The predicted molar refractivity (Wildman–Crippen MR) is 111 cm³/mol. The zero-order valence-electron chi connectivity index (χ0n) is 13.5. The van der Waals surface area contributed by atoms with Crippen molar-refractivity contribution >= 4 is 55.4 Å². The van der Waals surface area contributed by atoms with Gasteiger partial charge in [-0.2, -0.15) is 23.5 Å². The first-order chi connectivity index (χ1) is 10.7. The molecular weight excluding hydrogens is 440 g/mol. The Morgan fingerprint density at radius 3 is 1.27 bits per heavy atom. The second kappa shape index (κ2) is 9.38. The molecule has 0 saturated heterocycles. The third-order valence-corrected chi connectivity index (χ3v) is 10.4. The lowest BCUT2D eigenvalue weighted by Gasteiger charge is -2.35. The van der Waals surface area contributed by atoms with E-state index < -0.39 is 0 Å². The van der Waals surface area contributed by atoms with Crippen LogP contribution in [-0.2, 0) is 0 Å². The van der Waals surface area contributed by atoms with E-state index in [2.05, 4.69) is 55.4 Å². The van der Waals surface area contributed by atoms with Crippen LogP contribution >= 0.6 is 55.4 Å². The molecule has 3 saturated carbocycles. The van der Waals surface area contributed by atoms with Gasteiger partial charge in [-0.05, 0) is 57.8 Å². The van der Waals surface area contributed by atoms with Crippen molar-refractivity contribution in [2.24, 2.45) is 0 Å². The van der Waals surface area contributed by atoms with Crippen LogP contribution in [0.15, 0.2) is 0 Å². The Morgan fingerprint density at radius 1 is 0.500 bits per heavy atom. The highest BCUT2D eigenvalue weighted by Crippen LogP contribution is 2.43. The summed E-state index contributed by atoms with van der Waals surface area (Å²) < 4.78 is 0. The molecule has 3 aliphatic rings. The number of rotatable bonds is 4. The van der Waals surface area contributed by atoms with Gasteiger partial charge in [-0.3, -0.25) is 0 Å². The van der Waals surface area contributed by atoms with E-state index in [9.17, 15) is 0 Å². The van der Waals surface area contributed by atoms with Crippen LogP contribution in [0.2, 0.25) is 0 Å². The zero-order chi connectivity index (χ0) is 15.4. The Balaban J connectivity index is 1.42. The molecule has 0 nitrogen and oxygen atoms in total. The molecule has 3 aliphatic carbocycles. The highest BCUT2D eigenvalue weighted by molar-refractivity contribution is 9.09. The minimum absolute atomic E-state index is 0.797. The second-order valence-electron chi connectivity index (χ2n) is 7.45. The summed E-state index contributed by atoms with van der Waals surface area (Å²) in [6.45, 7) is 0. The summed E-state index contributed by atoms with van der Waals surface area (Å²) in [5.41, 5.74) is 0. The van der Waals surface area contributed by atoms with Crippen LogP contribution in [0.3, 0.4) is 0 Å². The average Bonchev–Trinajstić information content (AvgIpc) is 2.47. The van der Waals surface area contributed by atoms with Gasteiger partial charge in [0.25, 0.3) is 0 Å². The maximum Gasteiger partial charge on any atom is 0.0156 e. The summed E-state index contributed by atoms with van der Waals surface area (Å²) in [6, 6.07) is 0. The van der Waals surface area contributed by atoms with Crippen LogP contribution in [0.1, 0.15) is 77.0 Å². The standard InChI is InChI=1S/C18H30Br2S2/c19-13-4-1-6-15(10-13)21-17-8-3-9-18(12-17)22-16-7-2-5-14(20)11-16/h13-18H,1-12H2. The molecule has 3 rings (SSSR count). The van der Waals surface area contributed by atoms with E-state index >= 15 is 0 Å². The molecule has 0 aromatic rings. The Morgan fingerprint density at radius 2 is 0.864 bits per heavy atom. The fourth-order valence-electron chi connectivity index (χ4n) is 4.32. The largest absolute Gasteiger partial charge is 0.155 e. The van der Waals surface area contributed by atoms with Gasteiger partial charge < -0.3 is 0 Å². The van der Waals surface area contributed by atoms with Crippen molar-refractivity contribution < 1.29 is 0 Å². The SMILES string of the molecule is BrC1CCCC(SC2CCCC(SC3CCCC(Br)C3)C2)C1. The number of halogens is 2. The van der Waals surface area contributed by atoms with Crippen molar-refractivity contribution in [2.75, 3.05) is 0 Å². The Bertz CT molecular complexity index is 309. The van der Waals surface area contributed by atoms with Crippen molar-refractivity contribution in [1.82, 2.24) is 0 Å². The molecule has 0 aromatic heterocycles. The number of hydrogen-bond donors (Lipinski definition) is 0. The molecule has 0 aliphatic heterocycles.